The maximum Gasteiger partial charge on any atom is 0.316 e. The number of rotatable bonds is 7. The second kappa shape index (κ2) is 7.58. The molecule has 0 saturated carbocycles. The maximum atomic E-state index is 11.8. The molecule has 3 rings (SSSR count). The first-order valence-corrected chi connectivity index (χ1v) is 9.08. The zero-order chi connectivity index (χ0) is 16.9. The van der Waals surface area contributed by atoms with Crippen molar-refractivity contribution in [1.29, 1.82) is 0 Å². The summed E-state index contributed by atoms with van der Waals surface area (Å²) in [6, 6.07) is 3.97. The molecule has 3 aromatic rings. The summed E-state index contributed by atoms with van der Waals surface area (Å²) >= 11 is 2.89. The van der Waals surface area contributed by atoms with Crippen molar-refractivity contribution in [3.05, 3.63) is 29.3 Å². The van der Waals surface area contributed by atoms with Crippen LogP contribution in [0.15, 0.2) is 27.1 Å². The van der Waals surface area contributed by atoms with Crippen molar-refractivity contribution >= 4 is 29.1 Å². The molecule has 0 fully saturated rings. The number of carbonyl (C=O) groups excluding carboxylic acids is 1. The number of thiophene rings is 1. The van der Waals surface area contributed by atoms with Crippen molar-refractivity contribution < 1.29 is 13.9 Å². The van der Waals surface area contributed by atoms with Crippen molar-refractivity contribution in [3.8, 4) is 10.7 Å². The summed E-state index contributed by atoms with van der Waals surface area (Å²) in [6.07, 6.45) is 0. The van der Waals surface area contributed by atoms with E-state index in [2.05, 4.69) is 20.4 Å². The first kappa shape index (κ1) is 16.7. The van der Waals surface area contributed by atoms with Crippen LogP contribution >= 0.6 is 23.1 Å². The van der Waals surface area contributed by atoms with E-state index in [1.54, 1.807) is 18.3 Å². The van der Waals surface area contributed by atoms with E-state index in [9.17, 15) is 4.79 Å². The van der Waals surface area contributed by atoms with Crippen LogP contribution in [0, 0.1) is 6.92 Å². The third-order valence-corrected chi connectivity index (χ3v) is 4.82. The van der Waals surface area contributed by atoms with E-state index in [1.165, 1.54) is 11.8 Å². The highest BCUT2D eigenvalue weighted by atomic mass is 32.2. The lowest BCUT2D eigenvalue weighted by Crippen LogP contribution is -2.08. The van der Waals surface area contributed by atoms with Gasteiger partial charge >= 0.3 is 5.97 Å². The fourth-order valence-electron chi connectivity index (χ4n) is 1.97. The topological polar surface area (TPSA) is 95.9 Å². The number of esters is 1. The molecule has 3 heterocycles. The maximum absolute atomic E-state index is 11.8. The summed E-state index contributed by atoms with van der Waals surface area (Å²) < 4.78 is 12.2. The average molecular weight is 365 g/mol. The summed E-state index contributed by atoms with van der Waals surface area (Å²) in [5.74, 6) is 1.29. The summed E-state index contributed by atoms with van der Waals surface area (Å²) in [6.45, 7) is 4.39. The highest BCUT2D eigenvalue weighted by molar-refractivity contribution is 7.99. The largest absolute Gasteiger partial charge is 0.455 e. The monoisotopic (exact) mass is 365 g/mol. The molecule has 0 aromatic carbocycles. The zero-order valence-corrected chi connectivity index (χ0v) is 14.8. The molecule has 24 heavy (non-hydrogen) atoms. The number of hydrogen-bond acceptors (Lipinski definition) is 9. The van der Waals surface area contributed by atoms with E-state index in [0.29, 0.717) is 11.0 Å². The summed E-state index contributed by atoms with van der Waals surface area (Å²) in [5, 5.41) is 18.5. The Morgan fingerprint density at radius 1 is 1.38 bits per heavy atom. The Balaban J connectivity index is 1.57. The normalized spacial score (nSPS) is 10.9. The molecule has 0 atom stereocenters. The number of carbonyl (C=O) groups is 1. The molecule has 0 amide bonds. The predicted octanol–water partition coefficient (Wildman–Crippen LogP) is 2.55. The fraction of sp³-hybridized carbons (Fsp3) is 0.357. The Hall–Kier alpha value is -2.20. The van der Waals surface area contributed by atoms with E-state index in [1.807, 2.05) is 29.0 Å². The molecule has 0 N–H and O–H groups in total. The second-order valence-electron chi connectivity index (χ2n) is 4.69. The smallest absolute Gasteiger partial charge is 0.316 e. The van der Waals surface area contributed by atoms with E-state index in [0.717, 1.165) is 17.2 Å². The van der Waals surface area contributed by atoms with E-state index < -0.39 is 0 Å². The van der Waals surface area contributed by atoms with E-state index in [-0.39, 0.29) is 24.2 Å². The summed E-state index contributed by atoms with van der Waals surface area (Å²) in [5.41, 5.74) is 0. The Morgan fingerprint density at radius 3 is 2.92 bits per heavy atom. The Bertz CT molecular complexity index is 812. The van der Waals surface area contributed by atoms with Crippen LogP contribution in [0.4, 0.5) is 0 Å². The van der Waals surface area contributed by atoms with Gasteiger partial charge in [0, 0.05) is 13.5 Å². The van der Waals surface area contributed by atoms with Crippen LogP contribution < -0.4 is 0 Å². The van der Waals surface area contributed by atoms with Gasteiger partial charge in [-0.25, -0.2) is 0 Å². The molecular weight excluding hydrogens is 350 g/mol. The number of thioether (sulfide) groups is 1. The van der Waals surface area contributed by atoms with E-state index >= 15 is 0 Å². The molecule has 0 unspecified atom stereocenters. The zero-order valence-electron chi connectivity index (χ0n) is 13.1. The molecule has 8 nitrogen and oxygen atoms in total. The SMILES string of the molecule is CCn1c(SCC(=O)OCc2nnc(C)o2)nnc1-c1cccs1. The molecule has 3 aromatic heterocycles. The standard InChI is InChI=1S/C14H15N5O3S2/c1-3-19-13(10-5-4-6-23-10)17-18-14(19)24-8-12(20)21-7-11-16-15-9(2)22-11/h4-6H,3,7-8H2,1-2H3. The van der Waals surface area contributed by atoms with Gasteiger partial charge in [0.2, 0.25) is 5.89 Å². The van der Waals surface area contributed by atoms with Gasteiger partial charge in [0.25, 0.3) is 5.89 Å². The predicted molar refractivity (Wildman–Crippen MR) is 88.6 cm³/mol. The Kier molecular flexibility index (Phi) is 5.26. The third-order valence-electron chi connectivity index (χ3n) is 3.02. The number of hydrogen-bond donors (Lipinski definition) is 0. The third kappa shape index (κ3) is 3.82. The number of nitrogens with zero attached hydrogens (tertiary/aromatic N) is 5. The fourth-order valence-corrected chi connectivity index (χ4v) is 3.49. The quantitative estimate of drug-likeness (QED) is 0.465. The summed E-state index contributed by atoms with van der Waals surface area (Å²) in [7, 11) is 0. The van der Waals surface area contributed by atoms with Crippen LogP contribution in [0.3, 0.4) is 0 Å². The van der Waals surface area contributed by atoms with Gasteiger partial charge in [-0.3, -0.25) is 4.79 Å². The van der Waals surface area contributed by atoms with Crippen LogP contribution in [0.1, 0.15) is 18.7 Å². The Morgan fingerprint density at radius 2 is 2.25 bits per heavy atom. The van der Waals surface area contributed by atoms with Crippen molar-refractivity contribution in [1.82, 2.24) is 25.0 Å². The number of ether oxygens (including phenoxy) is 1. The second-order valence-corrected chi connectivity index (χ2v) is 6.58. The van der Waals surface area contributed by atoms with Gasteiger partial charge in [0.1, 0.15) is 0 Å². The minimum atomic E-state index is -0.376. The highest BCUT2D eigenvalue weighted by Gasteiger charge is 2.16. The molecule has 0 aliphatic heterocycles. The van der Waals surface area contributed by atoms with Crippen LogP contribution in [-0.4, -0.2) is 36.7 Å². The molecule has 0 bridgehead atoms. The molecule has 126 valence electrons. The average Bonchev–Trinajstić information content (AvgIpc) is 3.30. The lowest BCUT2D eigenvalue weighted by Gasteiger charge is -2.06. The number of aryl methyl sites for hydroxylation is 1. The van der Waals surface area contributed by atoms with Gasteiger partial charge < -0.3 is 13.7 Å². The first-order chi connectivity index (χ1) is 11.7. The molecule has 0 aliphatic rings. The van der Waals surface area contributed by atoms with Crippen LogP contribution in [0.5, 0.6) is 0 Å². The van der Waals surface area contributed by atoms with Gasteiger partial charge in [-0.2, -0.15) is 0 Å². The van der Waals surface area contributed by atoms with Crippen molar-refractivity contribution in [2.75, 3.05) is 5.75 Å². The van der Waals surface area contributed by atoms with Crippen molar-refractivity contribution in [2.24, 2.45) is 0 Å². The van der Waals surface area contributed by atoms with Crippen molar-refractivity contribution in [2.45, 2.75) is 32.2 Å². The lowest BCUT2D eigenvalue weighted by atomic mass is 10.4. The van der Waals surface area contributed by atoms with E-state index in [4.69, 9.17) is 9.15 Å². The van der Waals surface area contributed by atoms with Crippen LogP contribution in [0.25, 0.3) is 10.7 Å². The lowest BCUT2D eigenvalue weighted by molar-refractivity contribution is -0.142. The minimum Gasteiger partial charge on any atom is -0.455 e. The van der Waals surface area contributed by atoms with Gasteiger partial charge in [-0.15, -0.1) is 31.7 Å². The number of aromatic nitrogens is 5. The van der Waals surface area contributed by atoms with Crippen LogP contribution in [0.2, 0.25) is 0 Å². The van der Waals surface area contributed by atoms with Crippen LogP contribution in [-0.2, 0) is 22.7 Å². The Labute approximate surface area is 146 Å². The highest BCUT2D eigenvalue weighted by Crippen LogP contribution is 2.27. The van der Waals surface area contributed by atoms with Gasteiger partial charge in [0.15, 0.2) is 17.6 Å². The molecule has 0 aliphatic carbocycles. The molecule has 0 saturated heterocycles. The molecule has 10 heteroatoms. The van der Waals surface area contributed by atoms with Gasteiger partial charge in [-0.05, 0) is 18.4 Å². The molecule has 0 spiro atoms. The van der Waals surface area contributed by atoms with Gasteiger partial charge in [-0.1, -0.05) is 17.8 Å². The minimum absolute atomic E-state index is 0.0266. The molecular formula is C14H15N5O3S2. The molecule has 0 radical (unpaired) electrons. The van der Waals surface area contributed by atoms with Gasteiger partial charge in [0.05, 0.1) is 10.6 Å². The first-order valence-electron chi connectivity index (χ1n) is 7.22. The summed E-state index contributed by atoms with van der Waals surface area (Å²) in [4.78, 5) is 12.9. The van der Waals surface area contributed by atoms with Crippen molar-refractivity contribution in [3.63, 3.8) is 0 Å².